The Kier molecular flexibility index (Phi) is 3.55. The first-order valence-electron chi connectivity index (χ1n) is 4.31. The molecule has 1 heterocycles. The lowest BCUT2D eigenvalue weighted by Gasteiger charge is -2.05. The Balaban J connectivity index is 2.53. The van der Waals surface area contributed by atoms with Gasteiger partial charge in [-0.15, -0.1) is 0 Å². The molecule has 2 rings (SSSR count). The SMILES string of the molecule is O=C(c1ccsc1)c1c(Cl)cc(Cl)cc1Cl. The first-order chi connectivity index (χ1) is 7.59. The summed E-state index contributed by atoms with van der Waals surface area (Å²) >= 11 is 19.1. The molecule has 1 aromatic carbocycles. The molecule has 0 aliphatic rings. The second-order valence-corrected chi connectivity index (χ2v) is 5.12. The Hall–Kier alpha value is -0.540. The van der Waals surface area contributed by atoms with Gasteiger partial charge in [-0.1, -0.05) is 34.8 Å². The number of carbonyl (C=O) groups excluding carboxylic acids is 1. The van der Waals surface area contributed by atoms with E-state index in [2.05, 4.69) is 0 Å². The van der Waals surface area contributed by atoms with Gasteiger partial charge in [0.1, 0.15) is 0 Å². The van der Waals surface area contributed by atoms with Crippen LogP contribution in [-0.4, -0.2) is 5.78 Å². The van der Waals surface area contributed by atoms with Gasteiger partial charge in [0, 0.05) is 16.0 Å². The van der Waals surface area contributed by atoms with E-state index in [-0.39, 0.29) is 15.8 Å². The molecule has 0 N–H and O–H groups in total. The third-order valence-corrected chi connectivity index (χ3v) is 3.51. The molecule has 0 fully saturated rings. The summed E-state index contributed by atoms with van der Waals surface area (Å²) in [5, 5.41) is 4.54. The smallest absolute Gasteiger partial charge is 0.196 e. The maximum atomic E-state index is 12.1. The number of halogens is 3. The van der Waals surface area contributed by atoms with Crippen LogP contribution in [0, 0.1) is 0 Å². The number of hydrogen-bond donors (Lipinski definition) is 0. The zero-order valence-electron chi connectivity index (χ0n) is 7.84. The van der Waals surface area contributed by atoms with Gasteiger partial charge in [0.05, 0.1) is 15.6 Å². The highest BCUT2D eigenvalue weighted by atomic mass is 35.5. The Morgan fingerprint density at radius 3 is 2.25 bits per heavy atom. The van der Waals surface area contributed by atoms with Gasteiger partial charge in [0.15, 0.2) is 5.78 Å². The van der Waals surface area contributed by atoms with Crippen LogP contribution >= 0.6 is 46.1 Å². The largest absolute Gasteiger partial charge is 0.288 e. The van der Waals surface area contributed by atoms with E-state index in [0.29, 0.717) is 16.1 Å². The minimum Gasteiger partial charge on any atom is -0.288 e. The van der Waals surface area contributed by atoms with E-state index in [9.17, 15) is 4.79 Å². The summed E-state index contributed by atoms with van der Waals surface area (Å²) < 4.78 is 0. The van der Waals surface area contributed by atoms with Gasteiger partial charge in [0.25, 0.3) is 0 Å². The van der Waals surface area contributed by atoms with E-state index in [1.807, 2.05) is 5.38 Å². The third kappa shape index (κ3) is 2.25. The third-order valence-electron chi connectivity index (χ3n) is 2.02. The predicted octanol–water partition coefficient (Wildman–Crippen LogP) is 4.94. The van der Waals surface area contributed by atoms with Crippen molar-refractivity contribution >= 4 is 51.9 Å². The Bertz CT molecular complexity index is 511. The molecule has 0 atom stereocenters. The fourth-order valence-electron chi connectivity index (χ4n) is 1.30. The standard InChI is InChI=1S/C11H5Cl3OS/c12-7-3-8(13)10(9(14)4-7)11(15)6-1-2-16-5-6/h1-5H. The molecular formula is C11H5Cl3OS. The molecule has 0 amide bonds. The molecule has 0 radical (unpaired) electrons. The van der Waals surface area contributed by atoms with Gasteiger partial charge in [0.2, 0.25) is 0 Å². The van der Waals surface area contributed by atoms with E-state index < -0.39 is 0 Å². The highest BCUT2D eigenvalue weighted by Gasteiger charge is 2.17. The quantitative estimate of drug-likeness (QED) is 0.716. The lowest BCUT2D eigenvalue weighted by molar-refractivity contribution is 0.103. The highest BCUT2D eigenvalue weighted by molar-refractivity contribution is 7.08. The summed E-state index contributed by atoms with van der Waals surface area (Å²) in [6, 6.07) is 4.75. The van der Waals surface area contributed by atoms with Crippen molar-refractivity contribution in [3.8, 4) is 0 Å². The summed E-state index contributed by atoms with van der Waals surface area (Å²) in [5.41, 5.74) is 0.877. The zero-order chi connectivity index (χ0) is 11.7. The first-order valence-corrected chi connectivity index (χ1v) is 6.38. The van der Waals surface area contributed by atoms with Gasteiger partial charge in [-0.3, -0.25) is 4.79 Å². The molecule has 5 heteroatoms. The fraction of sp³-hybridized carbons (Fsp3) is 0. The minimum atomic E-state index is -0.187. The van der Waals surface area contributed by atoms with Crippen molar-refractivity contribution in [2.75, 3.05) is 0 Å². The average Bonchev–Trinajstić information content (AvgIpc) is 2.67. The van der Waals surface area contributed by atoms with Gasteiger partial charge < -0.3 is 0 Å². The van der Waals surface area contributed by atoms with E-state index in [1.54, 1.807) is 11.4 Å². The summed E-state index contributed by atoms with van der Waals surface area (Å²) in [6.45, 7) is 0. The van der Waals surface area contributed by atoms with Crippen molar-refractivity contribution in [1.29, 1.82) is 0 Å². The van der Waals surface area contributed by atoms with E-state index in [1.165, 1.54) is 23.5 Å². The molecule has 16 heavy (non-hydrogen) atoms. The van der Waals surface area contributed by atoms with Crippen LogP contribution in [0.5, 0.6) is 0 Å². The zero-order valence-corrected chi connectivity index (χ0v) is 10.9. The highest BCUT2D eigenvalue weighted by Crippen LogP contribution is 2.31. The summed E-state index contributed by atoms with van der Waals surface area (Å²) in [6.07, 6.45) is 0. The van der Waals surface area contributed by atoms with Crippen molar-refractivity contribution < 1.29 is 4.79 Å². The van der Waals surface area contributed by atoms with Crippen molar-refractivity contribution in [1.82, 2.24) is 0 Å². The molecular weight excluding hydrogens is 287 g/mol. The van der Waals surface area contributed by atoms with Crippen molar-refractivity contribution in [2.45, 2.75) is 0 Å². The minimum absolute atomic E-state index is 0.187. The lowest BCUT2D eigenvalue weighted by Crippen LogP contribution is -2.01. The van der Waals surface area contributed by atoms with Crippen LogP contribution in [0.4, 0.5) is 0 Å². The van der Waals surface area contributed by atoms with Gasteiger partial charge >= 0.3 is 0 Å². The molecule has 1 aromatic heterocycles. The normalized spacial score (nSPS) is 10.4. The monoisotopic (exact) mass is 290 g/mol. The maximum Gasteiger partial charge on any atom is 0.196 e. The van der Waals surface area contributed by atoms with Crippen LogP contribution in [0.15, 0.2) is 29.0 Å². The Morgan fingerprint density at radius 1 is 1.12 bits per heavy atom. The molecule has 0 bridgehead atoms. The van der Waals surface area contributed by atoms with Crippen molar-refractivity contribution in [3.05, 3.63) is 55.2 Å². The van der Waals surface area contributed by atoms with Crippen molar-refractivity contribution in [3.63, 3.8) is 0 Å². The van der Waals surface area contributed by atoms with E-state index in [4.69, 9.17) is 34.8 Å². The first kappa shape index (κ1) is 11.9. The van der Waals surface area contributed by atoms with E-state index in [0.717, 1.165) is 0 Å². The number of carbonyl (C=O) groups is 1. The van der Waals surface area contributed by atoms with E-state index >= 15 is 0 Å². The second-order valence-electron chi connectivity index (χ2n) is 3.09. The molecule has 0 unspecified atom stereocenters. The number of ketones is 1. The second kappa shape index (κ2) is 4.76. The van der Waals surface area contributed by atoms with Crippen LogP contribution < -0.4 is 0 Å². The number of rotatable bonds is 2. The molecule has 0 saturated heterocycles. The molecule has 1 nitrogen and oxygen atoms in total. The number of benzene rings is 1. The summed E-state index contributed by atoms with van der Waals surface area (Å²) in [7, 11) is 0. The van der Waals surface area contributed by atoms with Gasteiger partial charge in [-0.05, 0) is 23.6 Å². The molecule has 2 aromatic rings. The predicted molar refractivity (Wildman–Crippen MR) is 69.2 cm³/mol. The Labute approximate surface area is 112 Å². The topological polar surface area (TPSA) is 17.1 Å². The number of hydrogen-bond acceptors (Lipinski definition) is 2. The molecule has 0 saturated carbocycles. The molecule has 0 aliphatic carbocycles. The van der Waals surface area contributed by atoms with Crippen LogP contribution in [0.3, 0.4) is 0 Å². The average molecular weight is 292 g/mol. The van der Waals surface area contributed by atoms with Gasteiger partial charge in [-0.2, -0.15) is 11.3 Å². The van der Waals surface area contributed by atoms with Crippen molar-refractivity contribution in [2.24, 2.45) is 0 Å². The van der Waals surface area contributed by atoms with Gasteiger partial charge in [-0.25, -0.2) is 0 Å². The molecule has 0 aliphatic heterocycles. The van der Waals surface area contributed by atoms with Crippen LogP contribution in [0.25, 0.3) is 0 Å². The summed E-state index contributed by atoms with van der Waals surface area (Å²) in [5.74, 6) is -0.187. The Morgan fingerprint density at radius 2 is 1.75 bits per heavy atom. The lowest BCUT2D eigenvalue weighted by atomic mass is 10.1. The molecule has 82 valence electrons. The molecule has 0 spiro atoms. The van der Waals surface area contributed by atoms with Crippen LogP contribution in [0.2, 0.25) is 15.1 Å². The summed E-state index contributed by atoms with van der Waals surface area (Å²) in [4.78, 5) is 12.1. The fourth-order valence-corrected chi connectivity index (χ4v) is 2.92. The number of thiophene rings is 1. The maximum absolute atomic E-state index is 12.1. The van der Waals surface area contributed by atoms with Crippen LogP contribution in [-0.2, 0) is 0 Å². The van der Waals surface area contributed by atoms with Crippen LogP contribution in [0.1, 0.15) is 15.9 Å².